The van der Waals surface area contributed by atoms with E-state index in [9.17, 15) is 26.3 Å². The van der Waals surface area contributed by atoms with Crippen LogP contribution in [0.2, 0.25) is 0 Å². The molecule has 0 saturated heterocycles. The van der Waals surface area contributed by atoms with Crippen LogP contribution >= 0.6 is 0 Å². The number of nitrogens with zero attached hydrogens (tertiary/aromatic N) is 2. The van der Waals surface area contributed by atoms with Gasteiger partial charge in [0.15, 0.2) is 0 Å². The van der Waals surface area contributed by atoms with E-state index in [-0.39, 0.29) is 4.68 Å². The highest BCUT2D eigenvalue weighted by molar-refractivity contribution is 5.43. The van der Waals surface area contributed by atoms with Gasteiger partial charge in [0.05, 0.1) is 17.4 Å². The molecular weight excluding hydrogens is 274 g/mol. The first-order valence-electron chi connectivity index (χ1n) is 4.99. The van der Waals surface area contributed by atoms with Gasteiger partial charge in [-0.2, -0.15) is 31.4 Å². The molecule has 0 atom stereocenters. The topological polar surface area (TPSA) is 17.8 Å². The number of halogens is 6. The number of alkyl halides is 6. The summed E-state index contributed by atoms with van der Waals surface area (Å²) in [6, 6.07) is 4.57. The molecule has 1 heterocycles. The van der Waals surface area contributed by atoms with Gasteiger partial charge in [-0.1, -0.05) is 12.1 Å². The molecule has 1 aromatic carbocycles. The minimum absolute atomic E-state index is 0.239. The largest absolute Gasteiger partial charge is 0.433 e. The minimum Gasteiger partial charge on any atom is -0.228 e. The molecule has 19 heavy (non-hydrogen) atoms. The van der Waals surface area contributed by atoms with Gasteiger partial charge in [-0.25, -0.2) is 4.68 Å². The van der Waals surface area contributed by atoms with Crippen molar-refractivity contribution in [2.24, 2.45) is 0 Å². The second-order valence-electron chi connectivity index (χ2n) is 3.64. The Balaban J connectivity index is 2.65. The lowest BCUT2D eigenvalue weighted by molar-refractivity contribution is -0.144. The predicted molar refractivity (Wildman–Crippen MR) is 53.6 cm³/mol. The fraction of sp³-hybridized carbons (Fsp3) is 0.182. The molecule has 0 N–H and O–H groups in total. The predicted octanol–water partition coefficient (Wildman–Crippen LogP) is 3.91. The van der Waals surface area contributed by atoms with E-state index in [1.165, 1.54) is 6.07 Å². The van der Waals surface area contributed by atoms with Gasteiger partial charge in [0, 0.05) is 0 Å². The third-order valence-corrected chi connectivity index (χ3v) is 2.37. The smallest absolute Gasteiger partial charge is 0.228 e. The van der Waals surface area contributed by atoms with E-state index in [1.807, 2.05) is 0 Å². The normalized spacial score (nSPS) is 12.7. The summed E-state index contributed by atoms with van der Waals surface area (Å²) < 4.78 is 76.4. The maximum Gasteiger partial charge on any atom is 0.433 e. The Kier molecular flexibility index (Phi) is 3.03. The lowest BCUT2D eigenvalue weighted by Gasteiger charge is -2.15. The zero-order valence-electron chi connectivity index (χ0n) is 9.13. The first kappa shape index (κ1) is 13.4. The fourth-order valence-electron chi connectivity index (χ4n) is 1.61. The van der Waals surface area contributed by atoms with Crippen LogP contribution in [0.1, 0.15) is 11.3 Å². The van der Waals surface area contributed by atoms with Gasteiger partial charge >= 0.3 is 12.4 Å². The highest BCUT2D eigenvalue weighted by Gasteiger charge is 2.38. The zero-order chi connectivity index (χ0) is 14.3. The van der Waals surface area contributed by atoms with Gasteiger partial charge in [-0.3, -0.25) is 0 Å². The van der Waals surface area contributed by atoms with Crippen LogP contribution in [-0.4, -0.2) is 9.78 Å². The molecule has 0 radical (unpaired) electrons. The van der Waals surface area contributed by atoms with Crippen LogP contribution in [-0.2, 0) is 12.4 Å². The lowest BCUT2D eigenvalue weighted by atomic mass is 10.1. The molecule has 0 amide bonds. The van der Waals surface area contributed by atoms with Gasteiger partial charge in [0.2, 0.25) is 0 Å². The quantitative estimate of drug-likeness (QED) is 0.724. The van der Waals surface area contributed by atoms with E-state index in [0.717, 1.165) is 18.3 Å². The van der Waals surface area contributed by atoms with E-state index in [0.29, 0.717) is 12.1 Å². The number of hydrogen-bond donors (Lipinski definition) is 0. The standard InChI is InChI=1S/C11H6F6N2/c12-10(13,14)7-3-1-2-4-8(7)19-9(5-6-18-19)11(15,16)17/h1-6H. The Morgan fingerprint density at radius 3 is 2.05 bits per heavy atom. The second-order valence-corrected chi connectivity index (χ2v) is 3.64. The Morgan fingerprint density at radius 2 is 1.47 bits per heavy atom. The molecule has 2 nitrogen and oxygen atoms in total. The number of para-hydroxylation sites is 1. The summed E-state index contributed by atoms with van der Waals surface area (Å²) in [7, 11) is 0. The zero-order valence-corrected chi connectivity index (χ0v) is 9.13. The molecule has 102 valence electrons. The molecule has 1 aromatic heterocycles. The van der Waals surface area contributed by atoms with Crippen LogP contribution in [0.3, 0.4) is 0 Å². The van der Waals surface area contributed by atoms with Crippen LogP contribution < -0.4 is 0 Å². The summed E-state index contributed by atoms with van der Waals surface area (Å²) >= 11 is 0. The molecule has 0 bridgehead atoms. The molecule has 0 aliphatic carbocycles. The van der Waals surface area contributed by atoms with Crippen molar-refractivity contribution in [2.75, 3.05) is 0 Å². The molecule has 2 rings (SSSR count). The SMILES string of the molecule is FC(F)(F)c1ccccc1-n1nccc1C(F)(F)F. The monoisotopic (exact) mass is 280 g/mol. The summed E-state index contributed by atoms with van der Waals surface area (Å²) in [5.41, 5.74) is -3.10. The number of rotatable bonds is 1. The Labute approximate surface area is 103 Å². The van der Waals surface area contributed by atoms with Crippen LogP contribution in [0.5, 0.6) is 0 Å². The summed E-state index contributed by atoms with van der Waals surface area (Å²) in [5, 5.41) is 3.32. The molecule has 0 unspecified atom stereocenters. The molecule has 0 spiro atoms. The fourth-order valence-corrected chi connectivity index (χ4v) is 1.61. The number of hydrogen-bond acceptors (Lipinski definition) is 1. The van der Waals surface area contributed by atoms with E-state index in [2.05, 4.69) is 5.10 Å². The minimum atomic E-state index is -4.78. The third-order valence-electron chi connectivity index (χ3n) is 2.37. The molecule has 0 saturated carbocycles. The average molecular weight is 280 g/mol. The summed E-state index contributed by atoms with van der Waals surface area (Å²) in [4.78, 5) is 0. The van der Waals surface area contributed by atoms with Crippen molar-refractivity contribution in [3.8, 4) is 5.69 Å². The van der Waals surface area contributed by atoms with Crippen molar-refractivity contribution in [1.29, 1.82) is 0 Å². The van der Waals surface area contributed by atoms with Crippen LogP contribution in [0.15, 0.2) is 36.5 Å². The molecule has 0 aliphatic rings. The molecule has 2 aromatic rings. The summed E-state index contributed by atoms with van der Waals surface area (Å²) in [6.07, 6.45) is -8.74. The van der Waals surface area contributed by atoms with Crippen molar-refractivity contribution < 1.29 is 26.3 Å². The van der Waals surface area contributed by atoms with Gasteiger partial charge in [-0.05, 0) is 18.2 Å². The van der Waals surface area contributed by atoms with Gasteiger partial charge in [0.1, 0.15) is 5.69 Å². The van der Waals surface area contributed by atoms with Crippen LogP contribution in [0.25, 0.3) is 5.69 Å². The lowest BCUT2D eigenvalue weighted by Crippen LogP contribution is -2.17. The van der Waals surface area contributed by atoms with Crippen LogP contribution in [0.4, 0.5) is 26.3 Å². The molecule has 8 heteroatoms. The van der Waals surface area contributed by atoms with Crippen molar-refractivity contribution in [3.63, 3.8) is 0 Å². The molecule has 0 aliphatic heterocycles. The second kappa shape index (κ2) is 4.29. The summed E-state index contributed by atoms with van der Waals surface area (Å²) in [5.74, 6) is 0. The summed E-state index contributed by atoms with van der Waals surface area (Å²) in [6.45, 7) is 0. The van der Waals surface area contributed by atoms with Gasteiger partial charge in [-0.15, -0.1) is 0 Å². The highest BCUT2D eigenvalue weighted by atomic mass is 19.4. The van der Waals surface area contributed by atoms with Gasteiger partial charge < -0.3 is 0 Å². The maximum atomic E-state index is 12.7. The first-order valence-corrected chi connectivity index (χ1v) is 4.99. The van der Waals surface area contributed by atoms with Gasteiger partial charge in [0.25, 0.3) is 0 Å². The number of benzene rings is 1. The van der Waals surface area contributed by atoms with E-state index >= 15 is 0 Å². The molecular formula is C11H6F6N2. The number of aromatic nitrogens is 2. The van der Waals surface area contributed by atoms with Crippen molar-refractivity contribution in [2.45, 2.75) is 12.4 Å². The molecule has 0 fully saturated rings. The van der Waals surface area contributed by atoms with E-state index < -0.39 is 29.3 Å². The van der Waals surface area contributed by atoms with E-state index in [1.54, 1.807) is 0 Å². The average Bonchev–Trinajstić information content (AvgIpc) is 2.76. The maximum absolute atomic E-state index is 12.7. The van der Waals surface area contributed by atoms with Crippen molar-refractivity contribution >= 4 is 0 Å². The Morgan fingerprint density at radius 1 is 0.842 bits per heavy atom. The highest BCUT2D eigenvalue weighted by Crippen LogP contribution is 2.36. The Hall–Kier alpha value is -1.99. The van der Waals surface area contributed by atoms with E-state index in [4.69, 9.17) is 0 Å². The van der Waals surface area contributed by atoms with Crippen LogP contribution in [0, 0.1) is 0 Å². The third kappa shape index (κ3) is 2.56. The van der Waals surface area contributed by atoms with Crippen molar-refractivity contribution in [1.82, 2.24) is 9.78 Å². The Bertz CT molecular complexity index is 581. The first-order chi connectivity index (χ1) is 8.71. The van der Waals surface area contributed by atoms with Crippen molar-refractivity contribution in [3.05, 3.63) is 47.8 Å².